The van der Waals surface area contributed by atoms with E-state index in [2.05, 4.69) is 0 Å². The first kappa shape index (κ1) is 16.7. The number of rotatable bonds is 6. The van der Waals surface area contributed by atoms with E-state index < -0.39 is 34.8 Å². The Hall–Kier alpha value is -1.39. The van der Waals surface area contributed by atoms with Gasteiger partial charge in [0, 0.05) is 11.5 Å². The van der Waals surface area contributed by atoms with Crippen LogP contribution in [0, 0.1) is 11.7 Å². The van der Waals surface area contributed by atoms with E-state index in [1.807, 2.05) is 6.92 Å². The minimum Gasteiger partial charge on any atom is -0.294 e. The lowest BCUT2D eigenvalue weighted by Gasteiger charge is -2.17. The predicted molar refractivity (Wildman–Crippen MR) is 69.0 cm³/mol. The summed E-state index contributed by atoms with van der Waals surface area (Å²) in [6.07, 6.45) is -2.03. The molecule has 0 saturated heterocycles. The zero-order valence-corrected chi connectivity index (χ0v) is 11.6. The maximum absolute atomic E-state index is 13.0. The molecule has 5 heteroatoms. The quantitative estimate of drug-likeness (QED) is 0.517. The molecular weight excluding hydrogens is 272 g/mol. The third-order valence-electron chi connectivity index (χ3n) is 3.32. The van der Waals surface area contributed by atoms with Crippen molar-refractivity contribution in [1.82, 2.24) is 0 Å². The molecule has 0 aromatic heterocycles. The molecular formula is C15H18F4O. The van der Waals surface area contributed by atoms with Crippen LogP contribution >= 0.6 is 0 Å². The SMILES string of the molecule is CCCCC(CC)C(=O)c1ccc(F)cc1C(F)(F)F. The zero-order valence-electron chi connectivity index (χ0n) is 11.6. The Balaban J connectivity index is 3.14. The number of benzene rings is 1. The van der Waals surface area contributed by atoms with Gasteiger partial charge in [-0.05, 0) is 31.0 Å². The Morgan fingerprint density at radius 3 is 2.40 bits per heavy atom. The van der Waals surface area contributed by atoms with Gasteiger partial charge in [0.05, 0.1) is 5.56 Å². The van der Waals surface area contributed by atoms with Crippen molar-refractivity contribution >= 4 is 5.78 Å². The minimum atomic E-state index is -4.73. The summed E-state index contributed by atoms with van der Waals surface area (Å²) in [5.41, 5.74) is -1.61. The fourth-order valence-electron chi connectivity index (χ4n) is 2.16. The molecule has 1 rings (SSSR count). The fraction of sp³-hybridized carbons (Fsp3) is 0.533. The minimum absolute atomic E-state index is 0.389. The third-order valence-corrected chi connectivity index (χ3v) is 3.32. The number of unbranched alkanes of at least 4 members (excludes halogenated alkanes) is 1. The second kappa shape index (κ2) is 6.86. The van der Waals surface area contributed by atoms with Gasteiger partial charge in [-0.3, -0.25) is 4.79 Å². The molecule has 0 radical (unpaired) electrons. The van der Waals surface area contributed by atoms with Crippen LogP contribution in [0.15, 0.2) is 18.2 Å². The summed E-state index contributed by atoms with van der Waals surface area (Å²) < 4.78 is 51.7. The summed E-state index contributed by atoms with van der Waals surface area (Å²) in [6.45, 7) is 3.73. The molecule has 1 nitrogen and oxygen atoms in total. The van der Waals surface area contributed by atoms with Crippen molar-refractivity contribution in [3.05, 3.63) is 35.1 Å². The van der Waals surface area contributed by atoms with E-state index in [0.29, 0.717) is 18.9 Å². The van der Waals surface area contributed by atoms with Crippen molar-refractivity contribution in [3.63, 3.8) is 0 Å². The maximum atomic E-state index is 13.0. The molecule has 0 aliphatic rings. The molecule has 112 valence electrons. The van der Waals surface area contributed by atoms with Gasteiger partial charge in [-0.15, -0.1) is 0 Å². The number of Topliss-reactive ketones (excluding diaryl/α,β-unsaturated/α-hetero) is 1. The molecule has 0 aliphatic carbocycles. The van der Waals surface area contributed by atoms with Gasteiger partial charge in [0.25, 0.3) is 0 Å². The van der Waals surface area contributed by atoms with E-state index in [4.69, 9.17) is 0 Å². The molecule has 0 N–H and O–H groups in total. The maximum Gasteiger partial charge on any atom is 0.417 e. The number of halogens is 4. The molecule has 0 heterocycles. The molecule has 1 unspecified atom stereocenters. The van der Waals surface area contributed by atoms with Crippen molar-refractivity contribution < 1.29 is 22.4 Å². The number of carbonyl (C=O) groups is 1. The van der Waals surface area contributed by atoms with Crippen molar-refractivity contribution in [2.24, 2.45) is 5.92 Å². The number of hydrogen-bond donors (Lipinski definition) is 0. The van der Waals surface area contributed by atoms with Gasteiger partial charge in [-0.25, -0.2) is 4.39 Å². The molecule has 20 heavy (non-hydrogen) atoms. The molecule has 0 fully saturated rings. The average Bonchev–Trinajstić information content (AvgIpc) is 2.38. The molecule has 0 spiro atoms. The topological polar surface area (TPSA) is 17.1 Å². The summed E-state index contributed by atoms with van der Waals surface area (Å²) in [7, 11) is 0. The Morgan fingerprint density at radius 2 is 1.90 bits per heavy atom. The lowest BCUT2D eigenvalue weighted by molar-refractivity contribution is -0.138. The van der Waals surface area contributed by atoms with Gasteiger partial charge < -0.3 is 0 Å². The standard InChI is InChI=1S/C15H18F4O/c1-3-5-6-10(4-2)14(20)12-8-7-11(16)9-13(12)15(17,18)19/h7-10H,3-6H2,1-2H3. The Bertz CT molecular complexity index is 465. The molecule has 0 aliphatic heterocycles. The van der Waals surface area contributed by atoms with E-state index in [1.165, 1.54) is 0 Å². The fourth-order valence-corrected chi connectivity index (χ4v) is 2.16. The number of carbonyl (C=O) groups excluding carboxylic acids is 1. The second-order valence-electron chi connectivity index (χ2n) is 4.80. The summed E-state index contributed by atoms with van der Waals surface area (Å²) in [5, 5.41) is 0. The van der Waals surface area contributed by atoms with Crippen LogP contribution in [0.3, 0.4) is 0 Å². The summed E-state index contributed by atoms with van der Waals surface area (Å²) >= 11 is 0. The van der Waals surface area contributed by atoms with Gasteiger partial charge in [0.15, 0.2) is 5.78 Å². The van der Waals surface area contributed by atoms with Crippen LogP contribution < -0.4 is 0 Å². The van der Waals surface area contributed by atoms with Crippen molar-refractivity contribution in [1.29, 1.82) is 0 Å². The Labute approximate surface area is 116 Å². The van der Waals surface area contributed by atoms with Crippen molar-refractivity contribution in [3.8, 4) is 0 Å². The van der Waals surface area contributed by atoms with E-state index in [9.17, 15) is 22.4 Å². The summed E-state index contributed by atoms with van der Waals surface area (Å²) in [6, 6.07) is 2.23. The van der Waals surface area contributed by atoms with E-state index in [1.54, 1.807) is 6.92 Å². The second-order valence-corrected chi connectivity index (χ2v) is 4.80. The molecule has 1 aromatic rings. The number of alkyl halides is 3. The normalized spacial score (nSPS) is 13.3. The van der Waals surface area contributed by atoms with Gasteiger partial charge >= 0.3 is 6.18 Å². The number of hydrogen-bond acceptors (Lipinski definition) is 1. The van der Waals surface area contributed by atoms with Crippen molar-refractivity contribution in [2.75, 3.05) is 0 Å². The first-order chi connectivity index (χ1) is 9.31. The van der Waals surface area contributed by atoms with Crippen LogP contribution in [-0.2, 0) is 6.18 Å². The van der Waals surface area contributed by atoms with Gasteiger partial charge in [-0.1, -0.05) is 26.7 Å². The number of ketones is 1. The first-order valence-corrected chi connectivity index (χ1v) is 6.72. The lowest BCUT2D eigenvalue weighted by atomic mass is 9.88. The highest BCUT2D eigenvalue weighted by Crippen LogP contribution is 2.34. The van der Waals surface area contributed by atoms with Crippen LogP contribution in [0.4, 0.5) is 17.6 Å². The first-order valence-electron chi connectivity index (χ1n) is 6.72. The highest BCUT2D eigenvalue weighted by Gasteiger charge is 2.36. The molecule has 0 bridgehead atoms. The highest BCUT2D eigenvalue weighted by atomic mass is 19.4. The van der Waals surface area contributed by atoms with Gasteiger partial charge in [-0.2, -0.15) is 13.2 Å². The molecule has 0 amide bonds. The van der Waals surface area contributed by atoms with Crippen LogP contribution in [0.5, 0.6) is 0 Å². The Morgan fingerprint density at radius 1 is 1.25 bits per heavy atom. The lowest BCUT2D eigenvalue weighted by Crippen LogP contribution is -2.20. The van der Waals surface area contributed by atoms with Crippen LogP contribution in [0.25, 0.3) is 0 Å². The smallest absolute Gasteiger partial charge is 0.294 e. The average molecular weight is 290 g/mol. The van der Waals surface area contributed by atoms with E-state index >= 15 is 0 Å². The molecule has 1 aromatic carbocycles. The van der Waals surface area contributed by atoms with Crippen LogP contribution in [0.2, 0.25) is 0 Å². The highest BCUT2D eigenvalue weighted by molar-refractivity contribution is 5.99. The summed E-state index contributed by atoms with van der Waals surface area (Å²) in [4.78, 5) is 12.2. The van der Waals surface area contributed by atoms with Crippen LogP contribution in [-0.4, -0.2) is 5.78 Å². The predicted octanol–water partition coefficient (Wildman–Crippen LogP) is 5.24. The van der Waals surface area contributed by atoms with Gasteiger partial charge in [0.2, 0.25) is 0 Å². The molecule has 1 atom stereocenters. The van der Waals surface area contributed by atoms with Crippen molar-refractivity contribution in [2.45, 2.75) is 45.7 Å². The zero-order chi connectivity index (χ0) is 15.3. The van der Waals surface area contributed by atoms with E-state index in [0.717, 1.165) is 25.0 Å². The third kappa shape index (κ3) is 4.05. The molecule has 0 saturated carbocycles. The Kier molecular flexibility index (Phi) is 5.72. The monoisotopic (exact) mass is 290 g/mol. The largest absolute Gasteiger partial charge is 0.417 e. The van der Waals surface area contributed by atoms with Crippen LogP contribution in [0.1, 0.15) is 55.5 Å². The van der Waals surface area contributed by atoms with E-state index in [-0.39, 0.29) is 0 Å². The van der Waals surface area contributed by atoms with Gasteiger partial charge in [0.1, 0.15) is 5.82 Å². The summed E-state index contributed by atoms with van der Waals surface area (Å²) in [5.74, 6) is -1.98.